The lowest BCUT2D eigenvalue weighted by molar-refractivity contribution is 0.313. The van der Waals surface area contributed by atoms with Crippen LogP contribution in [0.1, 0.15) is 51.9 Å². The van der Waals surface area contributed by atoms with Gasteiger partial charge >= 0.3 is 0 Å². The molecule has 0 bridgehead atoms. The van der Waals surface area contributed by atoms with Crippen LogP contribution in [0.3, 0.4) is 0 Å². The van der Waals surface area contributed by atoms with Crippen molar-refractivity contribution in [2.75, 3.05) is 25.8 Å². The maximum absolute atomic E-state index is 10.7. The van der Waals surface area contributed by atoms with E-state index in [1.165, 1.54) is 51.6 Å². The highest BCUT2D eigenvalue weighted by molar-refractivity contribution is 7.37. The summed E-state index contributed by atoms with van der Waals surface area (Å²) >= 11 is 0. The summed E-state index contributed by atoms with van der Waals surface area (Å²) in [6.45, 7) is 5.83. The molecule has 0 saturated carbocycles. The molecule has 0 spiro atoms. The van der Waals surface area contributed by atoms with Crippen molar-refractivity contribution in [3.8, 4) is 0 Å². The topological polar surface area (TPSA) is 40.5 Å². The third-order valence-electron chi connectivity index (χ3n) is 3.71. The summed E-state index contributed by atoms with van der Waals surface area (Å²) in [5, 5.41) is 0. The van der Waals surface area contributed by atoms with Gasteiger partial charge in [-0.3, -0.25) is 4.57 Å². The van der Waals surface area contributed by atoms with E-state index < -0.39 is 8.03 Å². The Labute approximate surface area is 106 Å². The van der Waals surface area contributed by atoms with Crippen molar-refractivity contribution in [1.29, 1.82) is 0 Å². The summed E-state index contributed by atoms with van der Waals surface area (Å²) in [5.41, 5.74) is 0. The van der Waals surface area contributed by atoms with Crippen LogP contribution in [-0.2, 0) is 4.57 Å². The van der Waals surface area contributed by atoms with Crippen molar-refractivity contribution in [1.82, 2.24) is 4.90 Å². The molecule has 17 heavy (non-hydrogen) atoms. The van der Waals surface area contributed by atoms with Gasteiger partial charge in [0.1, 0.15) is 0 Å². The number of rotatable bonds is 9. The molecule has 0 amide bonds. The van der Waals surface area contributed by atoms with Crippen molar-refractivity contribution < 1.29 is 9.46 Å². The SMILES string of the molecule is CCCCCCCN1CC[C@@H](CC[PH](=O)O)C1. The molecule has 1 N–H and O–H groups in total. The third-order valence-corrected chi connectivity index (χ3v) is 4.43. The molecule has 102 valence electrons. The molecular weight excluding hydrogens is 233 g/mol. The highest BCUT2D eigenvalue weighted by atomic mass is 31.1. The number of hydrogen-bond acceptors (Lipinski definition) is 2. The monoisotopic (exact) mass is 261 g/mol. The summed E-state index contributed by atoms with van der Waals surface area (Å²) in [4.78, 5) is 11.4. The van der Waals surface area contributed by atoms with Crippen LogP contribution in [0.25, 0.3) is 0 Å². The molecule has 1 aliphatic heterocycles. The summed E-state index contributed by atoms with van der Waals surface area (Å²) in [7, 11) is -2.23. The van der Waals surface area contributed by atoms with Crippen LogP contribution < -0.4 is 0 Å². The van der Waals surface area contributed by atoms with E-state index in [1.807, 2.05) is 0 Å². The molecule has 4 heteroatoms. The van der Waals surface area contributed by atoms with Gasteiger partial charge in [0.15, 0.2) is 8.03 Å². The standard InChI is InChI=1S/C13H28NO2P/c1-2-3-4-5-6-9-14-10-7-13(12-14)8-11-17(15)16/h13,17H,2-12H2,1H3,(H,15,16)/t13-/m0/s1. The third kappa shape index (κ3) is 7.23. The highest BCUT2D eigenvalue weighted by Gasteiger charge is 2.21. The van der Waals surface area contributed by atoms with E-state index in [0.29, 0.717) is 12.1 Å². The zero-order valence-electron chi connectivity index (χ0n) is 11.2. The first kappa shape index (κ1) is 15.2. The molecule has 2 atom stereocenters. The van der Waals surface area contributed by atoms with Crippen molar-refractivity contribution in [3.63, 3.8) is 0 Å². The Balaban J connectivity index is 1.99. The molecular formula is C13H28NO2P. The maximum atomic E-state index is 10.7. The van der Waals surface area contributed by atoms with E-state index in [1.54, 1.807) is 0 Å². The Hall–Kier alpha value is 0.150. The molecule has 1 aliphatic rings. The van der Waals surface area contributed by atoms with E-state index in [9.17, 15) is 4.57 Å². The van der Waals surface area contributed by atoms with Crippen molar-refractivity contribution in [3.05, 3.63) is 0 Å². The minimum Gasteiger partial charge on any atom is -0.346 e. The first-order valence-electron chi connectivity index (χ1n) is 7.16. The Morgan fingerprint density at radius 2 is 2.06 bits per heavy atom. The fourth-order valence-corrected chi connectivity index (χ4v) is 3.27. The summed E-state index contributed by atoms with van der Waals surface area (Å²) in [6.07, 6.45) is 9.44. The zero-order chi connectivity index (χ0) is 12.5. The van der Waals surface area contributed by atoms with Crippen LogP contribution in [-0.4, -0.2) is 35.6 Å². The second-order valence-electron chi connectivity index (χ2n) is 5.30. The quantitative estimate of drug-likeness (QED) is 0.512. The fourth-order valence-electron chi connectivity index (χ4n) is 2.62. The maximum Gasteiger partial charge on any atom is 0.189 e. The molecule has 1 rings (SSSR count). The van der Waals surface area contributed by atoms with E-state index in [2.05, 4.69) is 11.8 Å². The van der Waals surface area contributed by atoms with Crippen molar-refractivity contribution >= 4 is 8.03 Å². The minimum atomic E-state index is -2.23. The van der Waals surface area contributed by atoms with Crippen LogP contribution in [0.2, 0.25) is 0 Å². The normalized spacial score (nSPS) is 23.1. The van der Waals surface area contributed by atoms with Gasteiger partial charge in [-0.05, 0) is 38.3 Å². The average Bonchev–Trinajstić information content (AvgIpc) is 2.74. The largest absolute Gasteiger partial charge is 0.346 e. The van der Waals surface area contributed by atoms with E-state index in [0.717, 1.165) is 13.0 Å². The van der Waals surface area contributed by atoms with Gasteiger partial charge in [-0.2, -0.15) is 0 Å². The van der Waals surface area contributed by atoms with Gasteiger partial charge in [-0.15, -0.1) is 0 Å². The molecule has 0 aromatic carbocycles. The second-order valence-corrected chi connectivity index (χ2v) is 6.59. The Morgan fingerprint density at radius 3 is 2.76 bits per heavy atom. The number of nitrogens with zero attached hydrogens (tertiary/aromatic N) is 1. The first-order valence-corrected chi connectivity index (χ1v) is 8.72. The van der Waals surface area contributed by atoms with E-state index in [4.69, 9.17) is 4.89 Å². The molecule has 0 radical (unpaired) electrons. The number of unbranched alkanes of at least 4 members (excludes halogenated alkanes) is 4. The first-order chi connectivity index (χ1) is 8.22. The summed E-state index contributed by atoms with van der Waals surface area (Å²) in [5.74, 6) is 0.673. The predicted octanol–water partition coefficient (Wildman–Crippen LogP) is 3.14. The van der Waals surface area contributed by atoms with Crippen molar-refractivity contribution in [2.24, 2.45) is 5.92 Å². The highest BCUT2D eigenvalue weighted by Crippen LogP contribution is 2.25. The molecule has 0 aliphatic carbocycles. The van der Waals surface area contributed by atoms with Crippen LogP contribution in [0.15, 0.2) is 0 Å². The van der Waals surface area contributed by atoms with Gasteiger partial charge in [0.25, 0.3) is 0 Å². The van der Waals surface area contributed by atoms with Gasteiger partial charge in [0, 0.05) is 12.7 Å². The van der Waals surface area contributed by atoms with Gasteiger partial charge in [-0.25, -0.2) is 0 Å². The van der Waals surface area contributed by atoms with Crippen LogP contribution in [0.4, 0.5) is 0 Å². The molecule has 1 fully saturated rings. The van der Waals surface area contributed by atoms with Gasteiger partial charge in [0.05, 0.1) is 0 Å². The van der Waals surface area contributed by atoms with E-state index >= 15 is 0 Å². The lowest BCUT2D eigenvalue weighted by Crippen LogP contribution is -2.22. The number of likely N-dealkylation sites (tertiary alicyclic amines) is 1. The molecule has 0 aromatic heterocycles. The van der Waals surface area contributed by atoms with Gasteiger partial charge in [0.2, 0.25) is 0 Å². The molecule has 1 unspecified atom stereocenters. The minimum absolute atomic E-state index is 0.527. The van der Waals surface area contributed by atoms with Crippen LogP contribution in [0, 0.1) is 5.92 Å². The zero-order valence-corrected chi connectivity index (χ0v) is 12.2. The summed E-state index contributed by atoms with van der Waals surface area (Å²) in [6, 6.07) is 0. The number of hydrogen-bond donors (Lipinski definition) is 1. The Bertz CT molecular complexity index is 223. The lowest BCUT2D eigenvalue weighted by atomic mass is 10.1. The van der Waals surface area contributed by atoms with Crippen molar-refractivity contribution in [2.45, 2.75) is 51.9 Å². The van der Waals surface area contributed by atoms with Crippen LogP contribution >= 0.6 is 8.03 Å². The lowest BCUT2D eigenvalue weighted by Gasteiger charge is -2.15. The van der Waals surface area contributed by atoms with E-state index in [-0.39, 0.29) is 0 Å². The van der Waals surface area contributed by atoms with Gasteiger partial charge < -0.3 is 9.79 Å². The molecule has 1 saturated heterocycles. The molecule has 0 aromatic rings. The smallest absolute Gasteiger partial charge is 0.189 e. The molecule has 1 heterocycles. The fraction of sp³-hybridized carbons (Fsp3) is 1.00. The molecule has 3 nitrogen and oxygen atoms in total. The summed E-state index contributed by atoms with van der Waals surface area (Å²) < 4.78 is 10.7. The Morgan fingerprint density at radius 1 is 1.29 bits per heavy atom. The Kier molecular flexibility index (Phi) is 8.17. The second kappa shape index (κ2) is 9.13. The van der Waals surface area contributed by atoms with Gasteiger partial charge in [-0.1, -0.05) is 32.6 Å². The predicted molar refractivity (Wildman–Crippen MR) is 74.0 cm³/mol. The van der Waals surface area contributed by atoms with Crippen LogP contribution in [0.5, 0.6) is 0 Å². The average molecular weight is 261 g/mol.